The molecule has 0 atom stereocenters. The van der Waals surface area contributed by atoms with Crippen LogP contribution >= 0.6 is 11.6 Å². The monoisotopic (exact) mass is 362 g/mol. The molecule has 1 amide bonds. The number of benzene rings is 3. The number of hydrogen-bond acceptors (Lipinski definition) is 3. The molecule has 0 saturated heterocycles. The van der Waals surface area contributed by atoms with Crippen LogP contribution in [-0.2, 0) is 0 Å². The van der Waals surface area contributed by atoms with Crippen LogP contribution in [0, 0.1) is 0 Å². The summed E-state index contributed by atoms with van der Waals surface area (Å²) in [5.41, 5.74) is 3.57. The van der Waals surface area contributed by atoms with Gasteiger partial charge in [-0.1, -0.05) is 41.9 Å². The highest BCUT2D eigenvalue weighted by molar-refractivity contribution is 6.33. The summed E-state index contributed by atoms with van der Waals surface area (Å²) in [4.78, 5) is 20.1. The third-order valence-electron chi connectivity index (χ3n) is 3.90. The number of amides is 1. The fraction of sp³-hybridized carbons (Fsp3) is 0. The van der Waals surface area contributed by atoms with Crippen LogP contribution in [0.15, 0.2) is 72.8 Å². The summed E-state index contributed by atoms with van der Waals surface area (Å²) in [6, 6.07) is 22.1. The molecule has 6 heteroatoms. The van der Waals surface area contributed by atoms with E-state index in [0.717, 1.165) is 16.9 Å². The summed E-state index contributed by atoms with van der Waals surface area (Å²) in [6.45, 7) is 0. The smallest absolute Gasteiger partial charge is 0.255 e. The molecule has 0 aliphatic rings. The minimum Gasteiger partial charge on any atom is -0.324 e. The van der Waals surface area contributed by atoms with Gasteiger partial charge in [0.15, 0.2) is 0 Å². The average molecular weight is 363 g/mol. The quantitative estimate of drug-likeness (QED) is 0.466. The molecular formula is C20H15ClN4O. The zero-order valence-electron chi connectivity index (χ0n) is 13.7. The van der Waals surface area contributed by atoms with Gasteiger partial charge in [-0.05, 0) is 42.5 Å². The number of hydrogen-bond donors (Lipinski definition) is 3. The minimum absolute atomic E-state index is 0.179. The van der Waals surface area contributed by atoms with Crippen LogP contribution in [0.2, 0.25) is 5.02 Å². The fourth-order valence-electron chi connectivity index (χ4n) is 2.62. The molecule has 3 aromatic carbocycles. The molecular weight excluding hydrogens is 348 g/mol. The molecule has 0 unspecified atom stereocenters. The molecule has 0 aliphatic heterocycles. The molecule has 4 aromatic rings. The van der Waals surface area contributed by atoms with Crippen LogP contribution in [-0.4, -0.2) is 15.9 Å². The van der Waals surface area contributed by atoms with Gasteiger partial charge in [0.2, 0.25) is 5.95 Å². The number of para-hydroxylation sites is 2. The second kappa shape index (κ2) is 6.90. The number of carbonyl (C=O) groups excluding carboxylic acids is 1. The number of aromatic nitrogens is 2. The lowest BCUT2D eigenvalue weighted by Crippen LogP contribution is -2.11. The molecule has 26 heavy (non-hydrogen) atoms. The van der Waals surface area contributed by atoms with Gasteiger partial charge >= 0.3 is 0 Å². The number of fused-ring (bicyclic) bond motifs is 1. The third kappa shape index (κ3) is 3.38. The number of aromatic amines is 1. The molecule has 3 N–H and O–H groups in total. The Morgan fingerprint density at radius 1 is 0.962 bits per heavy atom. The van der Waals surface area contributed by atoms with Gasteiger partial charge in [0.25, 0.3) is 5.91 Å². The highest BCUT2D eigenvalue weighted by atomic mass is 35.5. The van der Waals surface area contributed by atoms with Crippen LogP contribution in [0.4, 0.5) is 17.3 Å². The van der Waals surface area contributed by atoms with E-state index in [-0.39, 0.29) is 5.91 Å². The van der Waals surface area contributed by atoms with Gasteiger partial charge in [0.1, 0.15) is 0 Å². The van der Waals surface area contributed by atoms with Crippen molar-refractivity contribution in [2.45, 2.75) is 0 Å². The van der Waals surface area contributed by atoms with Gasteiger partial charge in [-0.2, -0.15) is 0 Å². The van der Waals surface area contributed by atoms with E-state index in [0.29, 0.717) is 22.1 Å². The lowest BCUT2D eigenvalue weighted by atomic mass is 10.2. The Morgan fingerprint density at radius 2 is 1.73 bits per heavy atom. The Labute approximate surface area is 155 Å². The highest BCUT2D eigenvalue weighted by Gasteiger charge is 2.10. The van der Waals surface area contributed by atoms with E-state index < -0.39 is 0 Å². The number of nitrogens with one attached hydrogen (secondary N) is 3. The van der Waals surface area contributed by atoms with Gasteiger partial charge in [-0.3, -0.25) is 4.79 Å². The Hall–Kier alpha value is -3.31. The average Bonchev–Trinajstić information content (AvgIpc) is 3.06. The van der Waals surface area contributed by atoms with Crippen LogP contribution in [0.3, 0.4) is 0 Å². The standard InChI is InChI=1S/C20H15ClN4O/c21-15-8-4-5-9-16(15)23-20-24-17-11-10-13(12-18(17)25-20)19(26)22-14-6-2-1-3-7-14/h1-12H,(H,22,26)(H2,23,24,25). The minimum atomic E-state index is -0.179. The van der Waals surface area contributed by atoms with Crippen molar-refractivity contribution in [3.05, 3.63) is 83.4 Å². The van der Waals surface area contributed by atoms with Crippen molar-refractivity contribution < 1.29 is 4.79 Å². The van der Waals surface area contributed by atoms with Crippen LogP contribution in [0.1, 0.15) is 10.4 Å². The Bertz CT molecular complexity index is 1080. The number of halogens is 1. The van der Waals surface area contributed by atoms with E-state index in [4.69, 9.17) is 11.6 Å². The molecule has 0 fully saturated rings. The SMILES string of the molecule is O=C(Nc1ccccc1)c1ccc2[nH]c(Nc3ccccc3Cl)nc2c1. The first-order chi connectivity index (χ1) is 12.7. The number of rotatable bonds is 4. The van der Waals surface area contributed by atoms with E-state index in [1.54, 1.807) is 18.2 Å². The van der Waals surface area contributed by atoms with Gasteiger partial charge in [-0.25, -0.2) is 4.98 Å². The summed E-state index contributed by atoms with van der Waals surface area (Å²) < 4.78 is 0. The highest BCUT2D eigenvalue weighted by Crippen LogP contribution is 2.25. The van der Waals surface area contributed by atoms with Gasteiger partial charge < -0.3 is 15.6 Å². The van der Waals surface area contributed by atoms with Crippen LogP contribution in [0.25, 0.3) is 11.0 Å². The van der Waals surface area contributed by atoms with Crippen molar-refractivity contribution in [1.82, 2.24) is 9.97 Å². The van der Waals surface area contributed by atoms with Gasteiger partial charge in [0, 0.05) is 11.3 Å². The maximum Gasteiger partial charge on any atom is 0.255 e. The number of nitrogens with zero attached hydrogens (tertiary/aromatic N) is 1. The Kier molecular flexibility index (Phi) is 4.29. The molecule has 128 valence electrons. The molecule has 0 bridgehead atoms. The third-order valence-corrected chi connectivity index (χ3v) is 4.23. The number of imidazole rings is 1. The molecule has 0 radical (unpaired) electrons. The molecule has 4 rings (SSSR count). The first-order valence-electron chi connectivity index (χ1n) is 8.07. The molecule has 0 spiro atoms. The van der Waals surface area contributed by atoms with Crippen LogP contribution < -0.4 is 10.6 Å². The topological polar surface area (TPSA) is 69.8 Å². The van der Waals surface area contributed by atoms with E-state index in [1.807, 2.05) is 54.6 Å². The van der Waals surface area contributed by atoms with Crippen molar-refractivity contribution in [2.24, 2.45) is 0 Å². The Balaban J connectivity index is 1.58. The Morgan fingerprint density at radius 3 is 2.54 bits per heavy atom. The summed E-state index contributed by atoms with van der Waals surface area (Å²) in [5, 5.41) is 6.63. The fourth-order valence-corrected chi connectivity index (χ4v) is 2.80. The van der Waals surface area contributed by atoms with Gasteiger partial charge in [0.05, 0.1) is 21.7 Å². The zero-order valence-corrected chi connectivity index (χ0v) is 14.4. The van der Waals surface area contributed by atoms with Crippen LogP contribution in [0.5, 0.6) is 0 Å². The molecule has 1 aromatic heterocycles. The summed E-state index contributed by atoms with van der Waals surface area (Å²) >= 11 is 6.16. The molecule has 5 nitrogen and oxygen atoms in total. The van der Waals surface area contributed by atoms with Crippen molar-refractivity contribution in [1.29, 1.82) is 0 Å². The maximum atomic E-state index is 12.4. The number of anilines is 3. The number of H-pyrrole nitrogens is 1. The predicted molar refractivity (Wildman–Crippen MR) is 105 cm³/mol. The van der Waals surface area contributed by atoms with E-state index in [2.05, 4.69) is 20.6 Å². The summed E-state index contributed by atoms with van der Waals surface area (Å²) in [7, 11) is 0. The first-order valence-corrected chi connectivity index (χ1v) is 8.44. The maximum absolute atomic E-state index is 12.4. The van der Waals surface area contributed by atoms with E-state index in [9.17, 15) is 4.79 Å². The zero-order chi connectivity index (χ0) is 17.9. The largest absolute Gasteiger partial charge is 0.324 e. The summed E-state index contributed by atoms with van der Waals surface area (Å²) in [5.74, 6) is 0.385. The molecule has 0 aliphatic carbocycles. The van der Waals surface area contributed by atoms with E-state index in [1.165, 1.54) is 0 Å². The van der Waals surface area contributed by atoms with Gasteiger partial charge in [-0.15, -0.1) is 0 Å². The van der Waals surface area contributed by atoms with E-state index >= 15 is 0 Å². The molecule has 1 heterocycles. The van der Waals surface area contributed by atoms with Crippen molar-refractivity contribution >= 4 is 45.9 Å². The van der Waals surface area contributed by atoms with Crippen molar-refractivity contribution in [2.75, 3.05) is 10.6 Å². The first kappa shape index (κ1) is 16.2. The lowest BCUT2D eigenvalue weighted by molar-refractivity contribution is 0.102. The van der Waals surface area contributed by atoms with Crippen molar-refractivity contribution in [3.63, 3.8) is 0 Å². The second-order valence-corrected chi connectivity index (χ2v) is 6.15. The van der Waals surface area contributed by atoms with Crippen molar-refractivity contribution in [3.8, 4) is 0 Å². The lowest BCUT2D eigenvalue weighted by Gasteiger charge is -2.04. The predicted octanol–water partition coefficient (Wildman–Crippen LogP) is 5.21. The number of carbonyl (C=O) groups is 1. The molecule has 0 saturated carbocycles. The normalized spacial score (nSPS) is 10.7. The summed E-state index contributed by atoms with van der Waals surface area (Å²) in [6.07, 6.45) is 0. The second-order valence-electron chi connectivity index (χ2n) is 5.74.